The maximum Gasteiger partial charge on any atom is 0.0570 e. The van der Waals surface area contributed by atoms with Crippen molar-refractivity contribution in [1.29, 1.82) is 0 Å². The number of pyridine rings is 1. The molecule has 0 saturated heterocycles. The van der Waals surface area contributed by atoms with Crippen LogP contribution in [0.2, 0.25) is 0 Å². The lowest BCUT2D eigenvalue weighted by Crippen LogP contribution is -2.06. The lowest BCUT2D eigenvalue weighted by molar-refractivity contribution is 0.816. The summed E-state index contributed by atoms with van der Waals surface area (Å²) in [6, 6.07) is 11.1. The van der Waals surface area contributed by atoms with Crippen molar-refractivity contribution in [1.82, 2.24) is 4.98 Å². The van der Waals surface area contributed by atoms with Crippen molar-refractivity contribution in [3.63, 3.8) is 0 Å². The van der Waals surface area contributed by atoms with E-state index >= 15 is 0 Å². The smallest absolute Gasteiger partial charge is 0.0570 e. The Labute approximate surface area is 95.3 Å². The van der Waals surface area contributed by atoms with E-state index in [1.54, 1.807) is 0 Å². The summed E-state index contributed by atoms with van der Waals surface area (Å²) >= 11 is 0. The highest BCUT2D eigenvalue weighted by Crippen LogP contribution is 2.33. The van der Waals surface area contributed by atoms with E-state index in [0.29, 0.717) is 6.04 Å². The number of rotatable bonds is 1. The van der Waals surface area contributed by atoms with Crippen LogP contribution in [0, 0.1) is 6.92 Å². The standard InChI is InChI=1S/C14H14N2/c1-10-6-12(9-15-8-10)14-7-11-4-2-3-5-13(11)16-14/h2-6,8-9,14,16H,7H2,1H3. The summed E-state index contributed by atoms with van der Waals surface area (Å²) in [5.74, 6) is 0. The fourth-order valence-electron chi connectivity index (χ4n) is 2.27. The van der Waals surface area contributed by atoms with Crippen molar-refractivity contribution in [3.8, 4) is 0 Å². The van der Waals surface area contributed by atoms with E-state index < -0.39 is 0 Å². The molecule has 1 aliphatic rings. The van der Waals surface area contributed by atoms with Crippen molar-refractivity contribution in [2.75, 3.05) is 5.32 Å². The fraction of sp³-hybridized carbons (Fsp3) is 0.214. The van der Waals surface area contributed by atoms with Crippen molar-refractivity contribution in [3.05, 3.63) is 59.4 Å². The number of benzene rings is 1. The van der Waals surface area contributed by atoms with E-state index in [1.165, 1.54) is 22.4 Å². The molecular formula is C14H14N2. The molecule has 0 fully saturated rings. The van der Waals surface area contributed by atoms with Gasteiger partial charge in [-0.2, -0.15) is 0 Å². The van der Waals surface area contributed by atoms with Gasteiger partial charge in [-0.15, -0.1) is 0 Å². The molecule has 16 heavy (non-hydrogen) atoms. The number of hydrogen-bond donors (Lipinski definition) is 1. The second-order valence-electron chi connectivity index (χ2n) is 4.35. The highest BCUT2D eigenvalue weighted by atomic mass is 15.0. The number of nitrogens with one attached hydrogen (secondary N) is 1. The van der Waals surface area contributed by atoms with Gasteiger partial charge >= 0.3 is 0 Å². The van der Waals surface area contributed by atoms with Crippen LogP contribution in [-0.2, 0) is 6.42 Å². The molecule has 0 amide bonds. The van der Waals surface area contributed by atoms with E-state index in [2.05, 4.69) is 47.6 Å². The molecule has 0 spiro atoms. The number of fused-ring (bicyclic) bond motifs is 1. The van der Waals surface area contributed by atoms with Crippen LogP contribution in [0.4, 0.5) is 5.69 Å². The Hall–Kier alpha value is -1.83. The number of aromatic nitrogens is 1. The predicted octanol–water partition coefficient (Wildman–Crippen LogP) is 3.10. The molecule has 2 heterocycles. The van der Waals surface area contributed by atoms with Crippen molar-refractivity contribution >= 4 is 5.69 Å². The molecular weight excluding hydrogens is 196 g/mol. The molecule has 2 heteroatoms. The zero-order valence-corrected chi connectivity index (χ0v) is 9.27. The largest absolute Gasteiger partial charge is 0.378 e. The zero-order chi connectivity index (χ0) is 11.0. The van der Waals surface area contributed by atoms with Crippen LogP contribution in [0.25, 0.3) is 0 Å². The van der Waals surface area contributed by atoms with Crippen LogP contribution in [0.3, 0.4) is 0 Å². The Bertz CT molecular complexity index is 495. The molecule has 0 aliphatic carbocycles. The molecule has 0 radical (unpaired) electrons. The van der Waals surface area contributed by atoms with Gasteiger partial charge in [-0.05, 0) is 36.1 Å². The van der Waals surface area contributed by atoms with Crippen molar-refractivity contribution in [2.24, 2.45) is 0 Å². The highest BCUT2D eigenvalue weighted by molar-refractivity contribution is 5.57. The first-order chi connectivity index (χ1) is 7.83. The van der Waals surface area contributed by atoms with Crippen LogP contribution in [0.5, 0.6) is 0 Å². The van der Waals surface area contributed by atoms with E-state index in [1.807, 2.05) is 12.4 Å². The quantitative estimate of drug-likeness (QED) is 0.782. The Morgan fingerprint density at radius 2 is 2.12 bits per heavy atom. The molecule has 1 atom stereocenters. The average molecular weight is 210 g/mol. The normalized spacial score (nSPS) is 17.9. The number of anilines is 1. The van der Waals surface area contributed by atoms with Gasteiger partial charge in [0, 0.05) is 18.1 Å². The second-order valence-corrected chi connectivity index (χ2v) is 4.35. The van der Waals surface area contributed by atoms with Crippen LogP contribution in [-0.4, -0.2) is 4.98 Å². The lowest BCUT2D eigenvalue weighted by Gasteiger charge is -2.11. The summed E-state index contributed by atoms with van der Waals surface area (Å²) in [5.41, 5.74) is 5.15. The van der Waals surface area contributed by atoms with Crippen LogP contribution in [0.1, 0.15) is 22.7 Å². The third-order valence-electron chi connectivity index (χ3n) is 3.07. The SMILES string of the molecule is Cc1cncc(C2Cc3ccccc3N2)c1. The molecule has 1 unspecified atom stereocenters. The van der Waals surface area contributed by atoms with Gasteiger partial charge in [0.05, 0.1) is 6.04 Å². The minimum absolute atomic E-state index is 0.379. The van der Waals surface area contributed by atoms with Crippen molar-refractivity contribution in [2.45, 2.75) is 19.4 Å². The zero-order valence-electron chi connectivity index (χ0n) is 9.27. The van der Waals surface area contributed by atoms with Crippen molar-refractivity contribution < 1.29 is 0 Å². The van der Waals surface area contributed by atoms with Crippen LogP contribution in [0.15, 0.2) is 42.7 Å². The summed E-state index contributed by atoms with van der Waals surface area (Å²) in [7, 11) is 0. The second kappa shape index (κ2) is 3.63. The van der Waals surface area contributed by atoms with Gasteiger partial charge in [0.25, 0.3) is 0 Å². The van der Waals surface area contributed by atoms with E-state index in [4.69, 9.17) is 0 Å². The third-order valence-corrected chi connectivity index (χ3v) is 3.07. The molecule has 3 rings (SSSR count). The topological polar surface area (TPSA) is 24.9 Å². The van der Waals surface area contributed by atoms with Gasteiger partial charge in [0.2, 0.25) is 0 Å². The summed E-state index contributed by atoms with van der Waals surface area (Å²) in [5, 5.41) is 3.54. The molecule has 2 nitrogen and oxygen atoms in total. The molecule has 1 aromatic carbocycles. The Morgan fingerprint density at radius 3 is 2.94 bits per heavy atom. The molecule has 1 N–H and O–H groups in total. The molecule has 0 bridgehead atoms. The Balaban J connectivity index is 1.91. The number of para-hydroxylation sites is 1. The van der Waals surface area contributed by atoms with E-state index in [-0.39, 0.29) is 0 Å². The average Bonchev–Trinajstić information content (AvgIpc) is 2.72. The minimum Gasteiger partial charge on any atom is -0.378 e. The van der Waals surface area contributed by atoms with Crippen LogP contribution >= 0.6 is 0 Å². The van der Waals surface area contributed by atoms with Gasteiger partial charge < -0.3 is 5.32 Å². The molecule has 1 aliphatic heterocycles. The van der Waals surface area contributed by atoms with Gasteiger partial charge in [-0.3, -0.25) is 4.98 Å². The predicted molar refractivity (Wildman–Crippen MR) is 65.5 cm³/mol. The Morgan fingerprint density at radius 1 is 1.25 bits per heavy atom. The summed E-state index contributed by atoms with van der Waals surface area (Å²) in [6.45, 7) is 2.08. The van der Waals surface area contributed by atoms with Gasteiger partial charge in [-0.25, -0.2) is 0 Å². The lowest BCUT2D eigenvalue weighted by atomic mass is 10.0. The first kappa shape index (κ1) is 9.40. The number of hydrogen-bond acceptors (Lipinski definition) is 2. The van der Waals surface area contributed by atoms with Gasteiger partial charge in [0.15, 0.2) is 0 Å². The molecule has 1 aromatic heterocycles. The summed E-state index contributed by atoms with van der Waals surface area (Å²) in [4.78, 5) is 4.25. The van der Waals surface area contributed by atoms with Gasteiger partial charge in [-0.1, -0.05) is 24.3 Å². The summed E-state index contributed by atoms with van der Waals surface area (Å²) < 4.78 is 0. The molecule has 0 saturated carbocycles. The van der Waals surface area contributed by atoms with Gasteiger partial charge in [0.1, 0.15) is 0 Å². The van der Waals surface area contributed by atoms with E-state index in [9.17, 15) is 0 Å². The Kier molecular flexibility index (Phi) is 2.13. The first-order valence-corrected chi connectivity index (χ1v) is 5.59. The molecule has 80 valence electrons. The van der Waals surface area contributed by atoms with Crippen LogP contribution < -0.4 is 5.32 Å². The molecule has 2 aromatic rings. The maximum atomic E-state index is 4.25. The number of aryl methyl sites for hydroxylation is 1. The first-order valence-electron chi connectivity index (χ1n) is 5.59. The summed E-state index contributed by atoms with van der Waals surface area (Å²) in [6.07, 6.45) is 4.91. The van der Waals surface area contributed by atoms with E-state index in [0.717, 1.165) is 6.42 Å². The monoisotopic (exact) mass is 210 g/mol. The fourth-order valence-corrected chi connectivity index (χ4v) is 2.27. The minimum atomic E-state index is 0.379. The number of nitrogens with zero attached hydrogens (tertiary/aromatic N) is 1. The third kappa shape index (κ3) is 1.56. The maximum absolute atomic E-state index is 4.25. The highest BCUT2D eigenvalue weighted by Gasteiger charge is 2.21.